The van der Waals surface area contributed by atoms with Gasteiger partial charge in [0.05, 0.1) is 18.9 Å². The van der Waals surface area contributed by atoms with Crippen molar-refractivity contribution in [3.05, 3.63) is 41.3 Å². The molecule has 1 fully saturated rings. The number of ether oxygens (including phenoxy) is 1. The van der Waals surface area contributed by atoms with Crippen molar-refractivity contribution in [3.63, 3.8) is 0 Å². The monoisotopic (exact) mass is 311 g/mol. The van der Waals surface area contributed by atoms with E-state index in [0.717, 1.165) is 63.3 Å². The molecule has 0 N–H and O–H groups in total. The Morgan fingerprint density at radius 1 is 1.04 bits per heavy atom. The van der Waals surface area contributed by atoms with Crippen molar-refractivity contribution in [2.75, 3.05) is 42.6 Å². The summed E-state index contributed by atoms with van der Waals surface area (Å²) in [5, 5.41) is 0. The van der Waals surface area contributed by atoms with Crippen molar-refractivity contribution in [3.8, 4) is 0 Å². The molecule has 2 aromatic rings. The Bertz CT molecular complexity index is 685. The fourth-order valence-corrected chi connectivity index (χ4v) is 3.20. The molecule has 6 heteroatoms. The lowest BCUT2D eigenvalue weighted by molar-refractivity contribution is 0.122. The third kappa shape index (κ3) is 2.86. The predicted molar refractivity (Wildman–Crippen MR) is 88.8 cm³/mol. The van der Waals surface area contributed by atoms with Gasteiger partial charge in [-0.3, -0.25) is 0 Å². The fraction of sp³-hybridized carbons (Fsp3) is 0.471. The summed E-state index contributed by atoms with van der Waals surface area (Å²) in [5.74, 6) is 1.88. The summed E-state index contributed by atoms with van der Waals surface area (Å²) < 4.78 is 5.42. The van der Waals surface area contributed by atoms with Gasteiger partial charge >= 0.3 is 0 Å². The van der Waals surface area contributed by atoms with Gasteiger partial charge in [0.15, 0.2) is 0 Å². The molecule has 0 atom stereocenters. The lowest BCUT2D eigenvalue weighted by Gasteiger charge is -2.32. The van der Waals surface area contributed by atoms with E-state index in [1.807, 2.05) is 18.3 Å². The van der Waals surface area contributed by atoms with Gasteiger partial charge in [-0.2, -0.15) is 0 Å². The molecule has 2 aliphatic heterocycles. The maximum Gasteiger partial charge on any atom is 0.225 e. The molecular weight excluding hydrogens is 290 g/mol. The summed E-state index contributed by atoms with van der Waals surface area (Å²) >= 11 is 0. The van der Waals surface area contributed by atoms with Gasteiger partial charge in [0.2, 0.25) is 5.95 Å². The number of pyridine rings is 1. The van der Waals surface area contributed by atoms with E-state index in [1.165, 1.54) is 11.3 Å². The van der Waals surface area contributed by atoms with E-state index in [9.17, 15) is 0 Å². The minimum Gasteiger partial charge on any atom is -0.378 e. The van der Waals surface area contributed by atoms with Crippen LogP contribution in [0.2, 0.25) is 0 Å². The molecule has 0 aliphatic carbocycles. The number of aromatic nitrogens is 3. The van der Waals surface area contributed by atoms with Crippen LogP contribution in [0.15, 0.2) is 24.4 Å². The first-order valence-electron chi connectivity index (χ1n) is 8.16. The molecule has 120 valence electrons. The normalized spacial score (nSPS) is 18.0. The summed E-state index contributed by atoms with van der Waals surface area (Å²) in [6.07, 6.45) is 2.78. The molecule has 2 aliphatic rings. The van der Waals surface area contributed by atoms with E-state index < -0.39 is 0 Å². The average molecular weight is 311 g/mol. The van der Waals surface area contributed by atoms with E-state index >= 15 is 0 Å². The van der Waals surface area contributed by atoms with Crippen LogP contribution in [0.4, 0.5) is 11.8 Å². The minimum absolute atomic E-state index is 0.757. The van der Waals surface area contributed by atoms with E-state index in [2.05, 4.69) is 27.8 Å². The van der Waals surface area contributed by atoms with Crippen molar-refractivity contribution in [2.45, 2.75) is 19.9 Å². The molecule has 4 heterocycles. The lowest BCUT2D eigenvalue weighted by Crippen LogP contribution is -2.38. The minimum atomic E-state index is 0.757. The van der Waals surface area contributed by atoms with Gasteiger partial charge in [0, 0.05) is 50.1 Å². The largest absolute Gasteiger partial charge is 0.378 e. The van der Waals surface area contributed by atoms with Gasteiger partial charge < -0.3 is 14.5 Å². The molecule has 23 heavy (non-hydrogen) atoms. The van der Waals surface area contributed by atoms with Gasteiger partial charge in [0.1, 0.15) is 5.82 Å². The average Bonchev–Trinajstić information content (AvgIpc) is 2.63. The van der Waals surface area contributed by atoms with Crippen molar-refractivity contribution >= 4 is 11.8 Å². The van der Waals surface area contributed by atoms with Crippen LogP contribution in [-0.4, -0.2) is 47.8 Å². The number of aryl methyl sites for hydroxylation is 1. The number of fused-ring (bicyclic) bond motifs is 1. The second-order valence-corrected chi connectivity index (χ2v) is 5.99. The Balaban J connectivity index is 1.60. The van der Waals surface area contributed by atoms with E-state index in [4.69, 9.17) is 14.7 Å². The molecular formula is C17H21N5O. The van der Waals surface area contributed by atoms with Crippen LogP contribution in [0.3, 0.4) is 0 Å². The number of morpholine rings is 1. The molecule has 0 aromatic carbocycles. The Hall–Kier alpha value is -2.21. The first kappa shape index (κ1) is 14.4. The zero-order chi connectivity index (χ0) is 15.6. The predicted octanol–water partition coefficient (Wildman–Crippen LogP) is 1.58. The van der Waals surface area contributed by atoms with Crippen LogP contribution in [-0.2, 0) is 17.7 Å². The molecule has 6 nitrogen and oxygen atoms in total. The van der Waals surface area contributed by atoms with E-state index in [-0.39, 0.29) is 0 Å². The van der Waals surface area contributed by atoms with Gasteiger partial charge in [-0.25, -0.2) is 15.0 Å². The molecule has 0 radical (unpaired) electrons. The highest BCUT2D eigenvalue weighted by molar-refractivity contribution is 5.45. The van der Waals surface area contributed by atoms with Crippen molar-refractivity contribution < 1.29 is 4.74 Å². The highest BCUT2D eigenvalue weighted by atomic mass is 16.5. The standard InChI is InChI=1S/C17H21N5O/c1-13-14-12-22(16-4-2-3-6-18-16)7-5-15(14)20-17(19-13)21-8-10-23-11-9-21/h2-4,6H,5,7-12H2,1H3. The molecule has 0 saturated carbocycles. The van der Waals surface area contributed by atoms with Crippen LogP contribution in [0.5, 0.6) is 0 Å². The van der Waals surface area contributed by atoms with Crippen molar-refractivity contribution in [2.24, 2.45) is 0 Å². The van der Waals surface area contributed by atoms with Crippen LogP contribution < -0.4 is 9.80 Å². The highest BCUT2D eigenvalue weighted by Crippen LogP contribution is 2.25. The second kappa shape index (κ2) is 6.12. The Labute approximate surface area is 136 Å². The Morgan fingerprint density at radius 3 is 2.70 bits per heavy atom. The number of rotatable bonds is 2. The summed E-state index contributed by atoms with van der Waals surface area (Å²) in [6, 6.07) is 6.04. The highest BCUT2D eigenvalue weighted by Gasteiger charge is 2.23. The summed E-state index contributed by atoms with van der Waals surface area (Å²) in [5.41, 5.74) is 3.52. The first-order valence-corrected chi connectivity index (χ1v) is 8.16. The maximum absolute atomic E-state index is 5.42. The topological polar surface area (TPSA) is 54.4 Å². The number of anilines is 2. The molecule has 4 rings (SSSR count). The Kier molecular flexibility index (Phi) is 3.83. The number of nitrogens with zero attached hydrogens (tertiary/aromatic N) is 5. The quantitative estimate of drug-likeness (QED) is 0.839. The van der Waals surface area contributed by atoms with Gasteiger partial charge in [-0.05, 0) is 19.1 Å². The number of hydrogen-bond acceptors (Lipinski definition) is 6. The molecule has 0 unspecified atom stereocenters. The first-order chi connectivity index (χ1) is 11.3. The Morgan fingerprint density at radius 2 is 1.91 bits per heavy atom. The van der Waals surface area contributed by atoms with Gasteiger partial charge in [-0.1, -0.05) is 6.07 Å². The smallest absolute Gasteiger partial charge is 0.225 e. The molecule has 0 amide bonds. The van der Waals surface area contributed by atoms with Crippen LogP contribution in [0, 0.1) is 6.92 Å². The zero-order valence-electron chi connectivity index (χ0n) is 13.4. The molecule has 2 aromatic heterocycles. The van der Waals surface area contributed by atoms with Crippen molar-refractivity contribution in [1.82, 2.24) is 15.0 Å². The fourth-order valence-electron chi connectivity index (χ4n) is 3.20. The molecule has 0 bridgehead atoms. The molecule has 0 spiro atoms. The van der Waals surface area contributed by atoms with Gasteiger partial charge in [0.25, 0.3) is 0 Å². The van der Waals surface area contributed by atoms with Crippen LogP contribution in [0.25, 0.3) is 0 Å². The van der Waals surface area contributed by atoms with Gasteiger partial charge in [-0.15, -0.1) is 0 Å². The summed E-state index contributed by atoms with van der Waals surface area (Å²) in [6.45, 7) is 7.13. The number of hydrogen-bond donors (Lipinski definition) is 0. The summed E-state index contributed by atoms with van der Waals surface area (Å²) in [4.78, 5) is 18.6. The van der Waals surface area contributed by atoms with Crippen LogP contribution in [0.1, 0.15) is 17.0 Å². The lowest BCUT2D eigenvalue weighted by atomic mass is 10.0. The van der Waals surface area contributed by atoms with Crippen molar-refractivity contribution in [1.29, 1.82) is 0 Å². The van der Waals surface area contributed by atoms with E-state index in [1.54, 1.807) is 0 Å². The van der Waals surface area contributed by atoms with Crippen LogP contribution >= 0.6 is 0 Å². The summed E-state index contributed by atoms with van der Waals surface area (Å²) in [7, 11) is 0. The zero-order valence-corrected chi connectivity index (χ0v) is 13.4. The molecule has 1 saturated heterocycles. The third-order valence-corrected chi connectivity index (χ3v) is 4.52. The van der Waals surface area contributed by atoms with E-state index in [0.29, 0.717) is 0 Å². The SMILES string of the molecule is Cc1nc(N2CCOCC2)nc2c1CN(c1ccccn1)CC2. The second-order valence-electron chi connectivity index (χ2n) is 5.99. The third-order valence-electron chi connectivity index (χ3n) is 4.52. The maximum atomic E-state index is 5.42.